The second-order valence-corrected chi connectivity index (χ2v) is 11.4. The predicted molar refractivity (Wildman–Crippen MR) is 120 cm³/mol. The first kappa shape index (κ1) is 23.2. The van der Waals surface area contributed by atoms with Crippen LogP contribution in [0.3, 0.4) is 0 Å². The topological polar surface area (TPSA) is 60.9 Å². The van der Waals surface area contributed by atoms with Gasteiger partial charge in [0, 0.05) is 39.3 Å². The average molecular weight is 436 g/mol. The summed E-state index contributed by atoms with van der Waals surface area (Å²) in [5, 5.41) is 0. The zero-order valence-corrected chi connectivity index (χ0v) is 19.7. The number of hydrogen-bond donors (Lipinski definition) is 0. The molecular formula is C23H37N3O3S. The lowest BCUT2D eigenvalue weighted by Crippen LogP contribution is -2.53. The number of sulfonamides is 1. The van der Waals surface area contributed by atoms with Crippen molar-refractivity contribution < 1.29 is 13.2 Å². The Morgan fingerprint density at radius 1 is 0.933 bits per heavy atom. The molecule has 1 aromatic carbocycles. The highest BCUT2D eigenvalue weighted by molar-refractivity contribution is 7.89. The average Bonchev–Trinajstić information content (AvgIpc) is 3.07. The van der Waals surface area contributed by atoms with Crippen molar-refractivity contribution in [1.82, 2.24) is 14.1 Å². The van der Waals surface area contributed by atoms with Crippen LogP contribution in [0.2, 0.25) is 0 Å². The lowest BCUT2D eigenvalue weighted by molar-refractivity contribution is -0.132. The Morgan fingerprint density at radius 2 is 1.57 bits per heavy atom. The van der Waals surface area contributed by atoms with Gasteiger partial charge in [0.05, 0.1) is 10.9 Å². The lowest BCUT2D eigenvalue weighted by atomic mass is 10.0. The minimum atomic E-state index is -3.49. The maximum atomic E-state index is 13.0. The second kappa shape index (κ2) is 9.79. The van der Waals surface area contributed by atoms with Gasteiger partial charge >= 0.3 is 0 Å². The van der Waals surface area contributed by atoms with Crippen LogP contribution in [0.4, 0.5) is 0 Å². The van der Waals surface area contributed by atoms with Crippen LogP contribution in [-0.4, -0.2) is 73.7 Å². The molecule has 2 saturated heterocycles. The molecule has 0 N–H and O–H groups in total. The summed E-state index contributed by atoms with van der Waals surface area (Å²) < 4.78 is 27.7. The highest BCUT2D eigenvalue weighted by Crippen LogP contribution is 2.23. The minimum Gasteiger partial charge on any atom is -0.341 e. The molecule has 6 nitrogen and oxygen atoms in total. The van der Waals surface area contributed by atoms with Crippen LogP contribution in [-0.2, 0) is 21.2 Å². The van der Waals surface area contributed by atoms with E-state index in [9.17, 15) is 13.2 Å². The number of carbonyl (C=O) groups excluding carboxylic acids is 1. The van der Waals surface area contributed by atoms with Crippen LogP contribution in [0.15, 0.2) is 29.2 Å². The normalized spacial score (nSPS) is 21.9. The van der Waals surface area contributed by atoms with Crippen LogP contribution >= 0.6 is 0 Å². The van der Waals surface area contributed by atoms with Crippen molar-refractivity contribution in [3.05, 3.63) is 29.8 Å². The maximum absolute atomic E-state index is 13.0. The fourth-order valence-electron chi connectivity index (χ4n) is 4.37. The summed E-state index contributed by atoms with van der Waals surface area (Å²) >= 11 is 0. The molecule has 168 valence electrons. The van der Waals surface area contributed by atoms with Gasteiger partial charge in [0.15, 0.2) is 0 Å². The molecule has 2 aliphatic heterocycles. The number of amides is 1. The van der Waals surface area contributed by atoms with Gasteiger partial charge in [-0.1, -0.05) is 39.8 Å². The van der Waals surface area contributed by atoms with Crippen molar-refractivity contribution in [2.75, 3.05) is 39.3 Å². The molecule has 2 fully saturated rings. The van der Waals surface area contributed by atoms with Gasteiger partial charge in [-0.15, -0.1) is 0 Å². The van der Waals surface area contributed by atoms with Crippen LogP contribution < -0.4 is 0 Å². The van der Waals surface area contributed by atoms with Gasteiger partial charge in [-0.05, 0) is 48.8 Å². The Bertz CT molecular complexity index is 813. The molecule has 3 rings (SSSR count). The second-order valence-electron chi connectivity index (χ2n) is 9.49. The van der Waals surface area contributed by atoms with Crippen molar-refractivity contribution in [1.29, 1.82) is 0 Å². The molecule has 1 atom stereocenters. The molecule has 2 heterocycles. The third kappa shape index (κ3) is 5.42. The van der Waals surface area contributed by atoms with Crippen molar-refractivity contribution in [2.45, 2.75) is 57.9 Å². The summed E-state index contributed by atoms with van der Waals surface area (Å²) in [5.74, 6) is 1.35. The first-order chi connectivity index (χ1) is 14.2. The molecule has 30 heavy (non-hydrogen) atoms. The van der Waals surface area contributed by atoms with Gasteiger partial charge in [-0.3, -0.25) is 9.69 Å². The Morgan fingerprint density at radius 3 is 2.13 bits per heavy atom. The smallest absolute Gasteiger partial charge is 0.243 e. The lowest BCUT2D eigenvalue weighted by Gasteiger charge is -2.36. The predicted octanol–water partition coefficient (Wildman–Crippen LogP) is 2.84. The summed E-state index contributed by atoms with van der Waals surface area (Å²) in [7, 11) is -3.49. The molecule has 1 amide bonds. The van der Waals surface area contributed by atoms with E-state index in [1.54, 1.807) is 16.4 Å². The van der Waals surface area contributed by atoms with Crippen molar-refractivity contribution in [2.24, 2.45) is 11.8 Å². The fraction of sp³-hybridized carbons (Fsp3) is 0.696. The van der Waals surface area contributed by atoms with E-state index in [0.717, 1.165) is 37.9 Å². The Labute approximate surface area is 182 Å². The molecule has 0 aliphatic carbocycles. The van der Waals surface area contributed by atoms with E-state index >= 15 is 0 Å². The number of carbonyl (C=O) groups is 1. The Balaban J connectivity index is 1.56. The van der Waals surface area contributed by atoms with Crippen molar-refractivity contribution >= 4 is 15.9 Å². The monoisotopic (exact) mass is 435 g/mol. The van der Waals surface area contributed by atoms with E-state index in [1.807, 2.05) is 17.0 Å². The SMILES string of the molecule is CC(C)CCN1CCC(N2CCN(S(=O)(=O)c3ccc(CC(C)C)cc3)CC2)C1=O. The number of likely N-dealkylation sites (tertiary alicyclic amines) is 1. The summed E-state index contributed by atoms with van der Waals surface area (Å²) in [4.78, 5) is 17.3. The Kier molecular flexibility index (Phi) is 7.58. The third-order valence-electron chi connectivity index (χ3n) is 6.16. The van der Waals surface area contributed by atoms with Gasteiger partial charge < -0.3 is 4.90 Å². The van der Waals surface area contributed by atoms with Gasteiger partial charge in [0.1, 0.15) is 0 Å². The summed E-state index contributed by atoms with van der Waals surface area (Å²) in [6.07, 6.45) is 2.82. The first-order valence-electron chi connectivity index (χ1n) is 11.3. The molecule has 0 aromatic heterocycles. The zero-order chi connectivity index (χ0) is 21.9. The van der Waals surface area contributed by atoms with Crippen LogP contribution in [0, 0.1) is 11.8 Å². The number of hydrogen-bond acceptors (Lipinski definition) is 4. The number of benzene rings is 1. The summed E-state index contributed by atoms with van der Waals surface area (Å²) in [6, 6.07) is 7.22. The van der Waals surface area contributed by atoms with Crippen LogP contribution in [0.5, 0.6) is 0 Å². The van der Waals surface area contributed by atoms with Crippen LogP contribution in [0.1, 0.15) is 46.1 Å². The molecule has 0 radical (unpaired) electrons. The first-order valence-corrected chi connectivity index (χ1v) is 12.7. The maximum Gasteiger partial charge on any atom is 0.243 e. The molecular weight excluding hydrogens is 398 g/mol. The van der Waals surface area contributed by atoms with E-state index in [4.69, 9.17) is 0 Å². The van der Waals surface area contributed by atoms with Crippen molar-refractivity contribution in [3.63, 3.8) is 0 Å². The zero-order valence-electron chi connectivity index (χ0n) is 18.9. The van der Waals surface area contributed by atoms with Gasteiger partial charge in [0.25, 0.3) is 0 Å². The van der Waals surface area contributed by atoms with Gasteiger partial charge in [-0.2, -0.15) is 4.31 Å². The minimum absolute atomic E-state index is 0.0858. The molecule has 2 aliphatic rings. The molecule has 7 heteroatoms. The van der Waals surface area contributed by atoms with Crippen LogP contribution in [0.25, 0.3) is 0 Å². The van der Waals surface area contributed by atoms with E-state index in [2.05, 4.69) is 32.6 Å². The van der Waals surface area contributed by atoms with Gasteiger partial charge in [-0.25, -0.2) is 8.42 Å². The molecule has 1 aromatic rings. The summed E-state index contributed by atoms with van der Waals surface area (Å²) in [6.45, 7) is 12.4. The molecule has 0 spiro atoms. The molecule has 1 unspecified atom stereocenters. The molecule has 0 bridgehead atoms. The Hall–Kier alpha value is -1.44. The quantitative estimate of drug-likeness (QED) is 0.630. The highest BCUT2D eigenvalue weighted by Gasteiger charge is 2.38. The largest absolute Gasteiger partial charge is 0.341 e. The van der Waals surface area contributed by atoms with E-state index in [0.29, 0.717) is 42.9 Å². The highest BCUT2D eigenvalue weighted by atomic mass is 32.2. The number of nitrogens with zero attached hydrogens (tertiary/aromatic N) is 3. The van der Waals surface area contributed by atoms with E-state index in [-0.39, 0.29) is 11.9 Å². The third-order valence-corrected chi connectivity index (χ3v) is 8.08. The van der Waals surface area contributed by atoms with Crippen molar-refractivity contribution in [3.8, 4) is 0 Å². The number of piperazine rings is 1. The number of rotatable bonds is 8. The summed E-state index contributed by atoms with van der Waals surface area (Å²) in [5.41, 5.74) is 1.16. The van der Waals surface area contributed by atoms with E-state index in [1.165, 1.54) is 0 Å². The fourth-order valence-corrected chi connectivity index (χ4v) is 5.79. The standard InChI is InChI=1S/C23H37N3O3S/c1-18(2)9-11-25-12-10-22(23(25)27)24-13-15-26(16-14-24)30(28,29)21-7-5-20(6-8-21)17-19(3)4/h5-8,18-19,22H,9-17H2,1-4H3. The molecule has 0 saturated carbocycles. The van der Waals surface area contributed by atoms with Gasteiger partial charge in [0.2, 0.25) is 15.9 Å². The van der Waals surface area contributed by atoms with E-state index < -0.39 is 10.0 Å².